The average molecular weight is 797 g/mol. The number of unbranched alkanes of at least 4 members (excludes halogenated alkanes) is 23. The highest BCUT2D eigenvalue weighted by molar-refractivity contribution is 7.47. The first-order valence-electron chi connectivity index (χ1n) is 21.4. The minimum absolute atomic E-state index is 0. The Balaban J connectivity index is 0. The zero-order valence-corrected chi connectivity index (χ0v) is 36.6. The molecule has 0 amide bonds. The number of phosphoric acid groups is 1. The van der Waals surface area contributed by atoms with Gasteiger partial charge in [0.2, 0.25) is 0 Å². The zero-order chi connectivity index (χ0) is 38.6. The summed E-state index contributed by atoms with van der Waals surface area (Å²) in [5, 5.41) is 0. The van der Waals surface area contributed by atoms with Gasteiger partial charge in [0.1, 0.15) is 19.8 Å². The van der Waals surface area contributed by atoms with Crippen molar-refractivity contribution >= 4 is 19.8 Å². The second-order valence-corrected chi connectivity index (χ2v) is 17.2. The van der Waals surface area contributed by atoms with Gasteiger partial charge in [0.05, 0.1) is 27.7 Å². The first-order valence-corrected chi connectivity index (χ1v) is 22.9. The predicted octanol–water partition coefficient (Wildman–Crippen LogP) is 8.80. The Hall–Kier alpha value is -0.960. The lowest BCUT2D eigenvalue weighted by atomic mass is 10.0. The number of halogens is 1. The van der Waals surface area contributed by atoms with Gasteiger partial charge in [-0.2, -0.15) is 0 Å². The molecule has 0 saturated carbocycles. The molecule has 0 spiro atoms. The van der Waals surface area contributed by atoms with Crippen LogP contribution in [-0.2, 0) is 32.7 Å². The molecule has 0 aliphatic rings. The van der Waals surface area contributed by atoms with Crippen molar-refractivity contribution in [3.63, 3.8) is 0 Å². The number of likely N-dealkylation sites (N-methyl/N-ethyl adjacent to an activating group) is 1. The number of carbonyl (C=O) groups is 2. The van der Waals surface area contributed by atoms with Crippen molar-refractivity contribution in [1.29, 1.82) is 0 Å². The maximum atomic E-state index is 12.7. The summed E-state index contributed by atoms with van der Waals surface area (Å²) in [5.41, 5.74) is 0. The minimum atomic E-state index is -4.37. The molecule has 2 atom stereocenters. The predicted molar refractivity (Wildman–Crippen MR) is 215 cm³/mol. The van der Waals surface area contributed by atoms with Gasteiger partial charge in [0.15, 0.2) is 6.10 Å². The Morgan fingerprint density at radius 3 is 1.42 bits per heavy atom. The summed E-state index contributed by atoms with van der Waals surface area (Å²) in [6, 6.07) is 0. The van der Waals surface area contributed by atoms with E-state index in [0.717, 1.165) is 51.4 Å². The van der Waals surface area contributed by atoms with Crippen LogP contribution in [0.4, 0.5) is 0 Å². The van der Waals surface area contributed by atoms with Gasteiger partial charge in [-0.3, -0.25) is 18.6 Å². The summed E-state index contributed by atoms with van der Waals surface area (Å²) in [6.07, 6.45) is 35.3. The quantitative estimate of drug-likeness (QED) is 0.0216. The lowest BCUT2D eigenvalue weighted by Crippen LogP contribution is -3.00. The maximum Gasteiger partial charge on any atom is 0.472 e. The number of ether oxygens (including phenoxy) is 2. The zero-order valence-electron chi connectivity index (χ0n) is 34.9. The highest BCUT2D eigenvalue weighted by Gasteiger charge is 2.27. The highest BCUT2D eigenvalue weighted by Crippen LogP contribution is 2.43. The summed E-state index contributed by atoms with van der Waals surface area (Å²) in [6.45, 7) is 4.42. The Labute approximate surface area is 332 Å². The van der Waals surface area contributed by atoms with Crippen molar-refractivity contribution in [2.24, 2.45) is 0 Å². The number of quaternary nitrogens is 1. The second-order valence-electron chi connectivity index (χ2n) is 15.7. The average Bonchev–Trinajstić information content (AvgIpc) is 3.09. The van der Waals surface area contributed by atoms with Crippen LogP contribution >= 0.6 is 7.82 Å². The van der Waals surface area contributed by atoms with E-state index >= 15 is 0 Å². The van der Waals surface area contributed by atoms with E-state index in [4.69, 9.17) is 18.5 Å². The number of carbonyl (C=O) groups excluding carboxylic acids is 2. The molecule has 9 nitrogen and oxygen atoms in total. The van der Waals surface area contributed by atoms with E-state index in [1.54, 1.807) is 0 Å². The van der Waals surface area contributed by atoms with Gasteiger partial charge in [-0.25, -0.2) is 4.57 Å². The second kappa shape index (κ2) is 37.9. The van der Waals surface area contributed by atoms with E-state index in [-0.39, 0.29) is 38.0 Å². The first-order chi connectivity index (χ1) is 25.0. The van der Waals surface area contributed by atoms with Crippen LogP contribution in [0.3, 0.4) is 0 Å². The van der Waals surface area contributed by atoms with Gasteiger partial charge in [-0.15, -0.1) is 0 Å². The number of hydrogen-bond donors (Lipinski definition) is 1. The van der Waals surface area contributed by atoms with E-state index in [1.165, 1.54) is 109 Å². The standard InChI is InChI=1S/C42H82NO8P.ClH/c1-6-8-10-12-14-16-18-20-21-23-25-27-29-31-33-35-42(45)51-40(39-50-52(46,47)49-37-36-43(3,4)5)38-48-41(44)34-32-30-28-26-24-22-19-17-15-13-11-9-7-2;/h20-21,40H,6-19,22-39H2,1-5H3;1H/b21-20-;. The van der Waals surface area contributed by atoms with Gasteiger partial charge < -0.3 is 31.3 Å². The van der Waals surface area contributed by atoms with E-state index in [9.17, 15) is 19.0 Å². The van der Waals surface area contributed by atoms with Crippen molar-refractivity contribution in [2.75, 3.05) is 47.5 Å². The molecule has 0 bridgehead atoms. The van der Waals surface area contributed by atoms with E-state index < -0.39 is 26.5 Å². The van der Waals surface area contributed by atoms with Crippen LogP contribution in [0.1, 0.15) is 194 Å². The summed E-state index contributed by atoms with van der Waals surface area (Å²) in [5.74, 6) is -0.801. The Morgan fingerprint density at radius 2 is 0.981 bits per heavy atom. The fraction of sp³-hybridized carbons (Fsp3) is 0.905. The highest BCUT2D eigenvalue weighted by atomic mass is 35.5. The third-order valence-corrected chi connectivity index (χ3v) is 10.3. The number of nitrogens with zero attached hydrogens (tertiary/aromatic N) is 1. The van der Waals surface area contributed by atoms with Crippen molar-refractivity contribution in [3.05, 3.63) is 12.2 Å². The Bertz CT molecular complexity index is 914. The molecular weight excluding hydrogens is 713 g/mol. The van der Waals surface area contributed by atoms with Crippen LogP contribution in [0.25, 0.3) is 0 Å². The number of esters is 2. The molecule has 0 fully saturated rings. The number of rotatable bonds is 39. The van der Waals surface area contributed by atoms with Gasteiger partial charge in [0, 0.05) is 12.8 Å². The molecule has 0 aliphatic heterocycles. The molecule has 0 radical (unpaired) electrons. The molecule has 0 aromatic carbocycles. The van der Waals surface area contributed by atoms with Crippen LogP contribution in [0, 0.1) is 0 Å². The molecule has 0 heterocycles. The number of hydrogen-bond acceptors (Lipinski definition) is 7. The van der Waals surface area contributed by atoms with E-state index in [0.29, 0.717) is 23.9 Å². The van der Waals surface area contributed by atoms with Crippen molar-refractivity contribution in [1.82, 2.24) is 0 Å². The third kappa shape index (κ3) is 42.0. The molecule has 2 unspecified atom stereocenters. The van der Waals surface area contributed by atoms with Crippen molar-refractivity contribution < 1.29 is 54.5 Å². The van der Waals surface area contributed by atoms with Crippen LogP contribution in [0.5, 0.6) is 0 Å². The van der Waals surface area contributed by atoms with E-state index in [2.05, 4.69) is 26.0 Å². The molecule has 0 rings (SSSR count). The molecule has 0 aromatic heterocycles. The summed E-state index contributed by atoms with van der Waals surface area (Å²) in [7, 11) is 1.48. The maximum absolute atomic E-state index is 12.7. The first kappa shape index (κ1) is 54.1. The minimum Gasteiger partial charge on any atom is -1.00 e. The fourth-order valence-electron chi connectivity index (χ4n) is 5.89. The van der Waals surface area contributed by atoms with Crippen LogP contribution < -0.4 is 12.4 Å². The van der Waals surface area contributed by atoms with E-state index in [1.807, 2.05) is 21.1 Å². The topological polar surface area (TPSA) is 108 Å². The number of allylic oxidation sites excluding steroid dienone is 2. The number of phosphoric ester groups is 1. The monoisotopic (exact) mass is 796 g/mol. The molecule has 1 N–H and O–H groups in total. The molecule has 0 aliphatic carbocycles. The molecular formula is C42H83ClNO8P. The third-order valence-electron chi connectivity index (χ3n) is 9.30. The van der Waals surface area contributed by atoms with Crippen LogP contribution in [0.15, 0.2) is 12.2 Å². The molecule has 53 heavy (non-hydrogen) atoms. The molecule has 0 aromatic rings. The van der Waals surface area contributed by atoms with Crippen LogP contribution in [0.2, 0.25) is 0 Å². The van der Waals surface area contributed by atoms with Gasteiger partial charge >= 0.3 is 19.8 Å². The van der Waals surface area contributed by atoms with Gasteiger partial charge in [0.25, 0.3) is 0 Å². The van der Waals surface area contributed by atoms with Gasteiger partial charge in [-0.05, 0) is 38.5 Å². The Kier molecular flexibility index (Phi) is 38.8. The summed E-state index contributed by atoms with van der Waals surface area (Å²) < 4.78 is 34.3. The molecule has 0 saturated heterocycles. The molecule has 11 heteroatoms. The lowest BCUT2D eigenvalue weighted by Gasteiger charge is -2.24. The largest absolute Gasteiger partial charge is 1.00 e. The van der Waals surface area contributed by atoms with Crippen molar-refractivity contribution in [3.8, 4) is 0 Å². The molecule has 316 valence electrons. The van der Waals surface area contributed by atoms with Crippen molar-refractivity contribution in [2.45, 2.75) is 200 Å². The SMILES string of the molecule is CCCCCCCC/C=C\CCCCCCCC(=O)OC(COC(=O)CCCCCCCCCCCCCCC)COP(=O)(O)OCC[N+](C)(C)C.[Cl-]. The summed E-state index contributed by atoms with van der Waals surface area (Å²) >= 11 is 0. The Morgan fingerprint density at radius 1 is 0.585 bits per heavy atom. The van der Waals surface area contributed by atoms with Crippen LogP contribution in [-0.4, -0.2) is 74.9 Å². The normalized spacial score (nSPS) is 13.5. The fourth-order valence-corrected chi connectivity index (χ4v) is 6.63. The summed E-state index contributed by atoms with van der Waals surface area (Å²) in [4.78, 5) is 35.3. The lowest BCUT2D eigenvalue weighted by molar-refractivity contribution is -0.870. The smallest absolute Gasteiger partial charge is 0.472 e. The van der Waals surface area contributed by atoms with Gasteiger partial charge in [-0.1, -0.05) is 154 Å².